The number of rotatable bonds is 9. The highest BCUT2D eigenvalue weighted by Gasteiger charge is 2.46. The zero-order valence-electron chi connectivity index (χ0n) is 12.5. The van der Waals surface area contributed by atoms with E-state index in [0.29, 0.717) is 26.0 Å². The van der Waals surface area contributed by atoms with Gasteiger partial charge in [0.25, 0.3) is 7.37 Å². The van der Waals surface area contributed by atoms with Crippen molar-refractivity contribution in [1.29, 1.82) is 0 Å². The average molecular weight is 278 g/mol. The van der Waals surface area contributed by atoms with E-state index in [9.17, 15) is 4.57 Å². The molecule has 1 atom stereocenters. The smallest absolute Gasteiger partial charge is 0.264 e. The fourth-order valence-electron chi connectivity index (χ4n) is 1.62. The van der Waals surface area contributed by atoms with Crippen molar-refractivity contribution in [3.63, 3.8) is 0 Å². The second kappa shape index (κ2) is 8.11. The van der Waals surface area contributed by atoms with Gasteiger partial charge in [-0.2, -0.15) is 0 Å². The first-order chi connectivity index (χ1) is 8.35. The van der Waals surface area contributed by atoms with Gasteiger partial charge in [-0.05, 0) is 41.5 Å². The van der Waals surface area contributed by atoms with Gasteiger partial charge in [-0.15, -0.1) is 0 Å². The molecule has 18 heavy (non-hydrogen) atoms. The van der Waals surface area contributed by atoms with Crippen molar-refractivity contribution < 1.29 is 18.6 Å². The maximum Gasteiger partial charge on any atom is 0.264 e. The molecule has 0 aliphatic heterocycles. The minimum Gasteiger partial charge on any atom is -0.342 e. The van der Waals surface area contributed by atoms with Crippen LogP contribution in [0.5, 0.6) is 0 Å². The molecule has 0 aromatic rings. The quantitative estimate of drug-likeness (QED) is 0.363. The summed E-state index contributed by atoms with van der Waals surface area (Å²) < 4.78 is 29.7. The van der Waals surface area contributed by atoms with Crippen LogP contribution in [-0.4, -0.2) is 31.5 Å². The third-order valence-corrected chi connectivity index (χ3v) is 5.36. The van der Waals surface area contributed by atoms with Crippen LogP contribution in [0.4, 0.5) is 0 Å². The van der Waals surface area contributed by atoms with Crippen molar-refractivity contribution in [2.45, 2.75) is 47.1 Å². The van der Waals surface area contributed by atoms with Crippen LogP contribution in [0.2, 0.25) is 0 Å². The summed E-state index contributed by atoms with van der Waals surface area (Å²) in [5.74, 6) is 0. The van der Waals surface area contributed by atoms with Crippen LogP contribution in [-0.2, 0) is 18.6 Å². The Hall–Kier alpha value is -0.150. The van der Waals surface area contributed by atoms with Crippen LogP contribution in [0, 0.1) is 0 Å². The number of hydrogen-bond donors (Lipinski definition) is 0. The molecule has 0 amide bonds. The molecule has 0 N–H and O–H groups in total. The Morgan fingerprint density at radius 1 is 1.11 bits per heavy atom. The second-order valence-electron chi connectivity index (χ2n) is 4.32. The summed E-state index contributed by atoms with van der Waals surface area (Å²) in [6.07, 6.45) is 2.24. The molecule has 0 rings (SSSR count). The van der Waals surface area contributed by atoms with Gasteiger partial charge in [-0.1, -0.05) is 11.6 Å². The van der Waals surface area contributed by atoms with Crippen molar-refractivity contribution in [3.8, 4) is 0 Å². The topological polar surface area (TPSA) is 44.8 Å². The zero-order valence-corrected chi connectivity index (χ0v) is 13.4. The average Bonchev–Trinajstić information content (AvgIpc) is 2.27. The van der Waals surface area contributed by atoms with Gasteiger partial charge in [0.15, 0.2) is 0 Å². The Balaban J connectivity index is 5.23. The molecule has 0 heterocycles. The van der Waals surface area contributed by atoms with Gasteiger partial charge in [0.2, 0.25) is 5.53 Å². The first-order valence-electron chi connectivity index (χ1n) is 6.50. The lowest BCUT2D eigenvalue weighted by molar-refractivity contribution is -0.167. The van der Waals surface area contributed by atoms with E-state index < -0.39 is 12.9 Å². The highest BCUT2D eigenvalue weighted by atomic mass is 31.2. The molecule has 0 radical (unpaired) electrons. The normalized spacial score (nSPS) is 15.2. The van der Waals surface area contributed by atoms with Crippen molar-refractivity contribution in [1.82, 2.24) is 0 Å². The molecule has 0 aliphatic carbocycles. The summed E-state index contributed by atoms with van der Waals surface area (Å²) in [7, 11) is -3.05. The zero-order chi connectivity index (χ0) is 14.2. The largest absolute Gasteiger partial charge is 0.342 e. The lowest BCUT2D eigenvalue weighted by Gasteiger charge is -2.35. The third-order valence-electron chi connectivity index (χ3n) is 2.52. The summed E-state index contributed by atoms with van der Waals surface area (Å²) in [5.41, 5.74) is -0.0661. The lowest BCUT2D eigenvalue weighted by Crippen LogP contribution is -2.34. The maximum absolute atomic E-state index is 13.0. The van der Waals surface area contributed by atoms with Crippen LogP contribution >= 0.6 is 7.37 Å². The SMILES string of the molecule is CCOC(C)(OCC)P(=O)(CC=C(C)C)OCC. The molecular formula is C13H27O4P. The number of hydrogen-bond acceptors (Lipinski definition) is 4. The highest BCUT2D eigenvalue weighted by Crippen LogP contribution is 2.60. The van der Waals surface area contributed by atoms with Gasteiger partial charge in [0.05, 0.1) is 6.61 Å². The van der Waals surface area contributed by atoms with Crippen LogP contribution in [0.15, 0.2) is 11.6 Å². The Morgan fingerprint density at radius 3 is 1.94 bits per heavy atom. The second-order valence-corrected chi connectivity index (χ2v) is 7.10. The maximum atomic E-state index is 13.0. The standard InChI is InChI=1S/C13H27O4P/c1-7-15-13(6,16-8-2)18(14,17-9-3)11-10-12(4)5/h10H,7-9,11H2,1-6H3. The predicted molar refractivity (Wildman–Crippen MR) is 75.2 cm³/mol. The Morgan fingerprint density at radius 2 is 1.61 bits per heavy atom. The fraction of sp³-hybridized carbons (Fsp3) is 0.846. The summed E-state index contributed by atoms with van der Waals surface area (Å²) in [6, 6.07) is 0. The van der Waals surface area contributed by atoms with Crippen molar-refractivity contribution in [3.05, 3.63) is 11.6 Å². The predicted octanol–water partition coefficient (Wildman–Crippen LogP) is 4.01. The first kappa shape index (κ1) is 17.8. The van der Waals surface area contributed by atoms with Crippen LogP contribution in [0.1, 0.15) is 41.5 Å². The number of ether oxygens (including phenoxy) is 2. The van der Waals surface area contributed by atoms with Gasteiger partial charge in [-0.25, -0.2) is 0 Å². The minimum absolute atomic E-state index is 0.333. The molecule has 0 aromatic carbocycles. The van der Waals surface area contributed by atoms with E-state index in [1.54, 1.807) is 6.92 Å². The molecule has 0 aliphatic rings. The molecular weight excluding hydrogens is 251 g/mol. The molecule has 108 valence electrons. The Labute approximate surface area is 111 Å². The van der Waals surface area contributed by atoms with Crippen LogP contribution in [0.25, 0.3) is 0 Å². The highest BCUT2D eigenvalue weighted by molar-refractivity contribution is 7.60. The van der Waals surface area contributed by atoms with Gasteiger partial charge in [0, 0.05) is 19.4 Å². The fourth-order valence-corrected chi connectivity index (χ4v) is 3.97. The van der Waals surface area contributed by atoms with Gasteiger partial charge < -0.3 is 14.0 Å². The Kier molecular flexibility index (Phi) is 8.04. The van der Waals surface area contributed by atoms with E-state index in [1.807, 2.05) is 40.7 Å². The molecule has 0 saturated carbocycles. The van der Waals surface area contributed by atoms with Gasteiger partial charge >= 0.3 is 0 Å². The van der Waals surface area contributed by atoms with Crippen LogP contribution < -0.4 is 0 Å². The lowest BCUT2D eigenvalue weighted by atomic mass is 10.3. The number of allylic oxidation sites excluding steroid dienone is 2. The molecule has 0 spiro atoms. The van der Waals surface area contributed by atoms with Gasteiger partial charge in [-0.3, -0.25) is 4.57 Å². The van der Waals surface area contributed by atoms with Crippen LogP contribution in [0.3, 0.4) is 0 Å². The van der Waals surface area contributed by atoms with Gasteiger partial charge in [0.1, 0.15) is 0 Å². The molecule has 0 saturated heterocycles. The Bertz CT molecular complexity index is 302. The van der Waals surface area contributed by atoms with Crippen molar-refractivity contribution >= 4 is 7.37 Å². The molecule has 5 heteroatoms. The third kappa shape index (κ3) is 4.85. The van der Waals surface area contributed by atoms with E-state index in [1.165, 1.54) is 0 Å². The van der Waals surface area contributed by atoms with E-state index in [4.69, 9.17) is 14.0 Å². The monoisotopic (exact) mass is 278 g/mol. The molecule has 4 nitrogen and oxygen atoms in total. The molecule has 1 unspecified atom stereocenters. The molecule has 0 fully saturated rings. The summed E-state index contributed by atoms with van der Waals surface area (Å²) >= 11 is 0. The van der Waals surface area contributed by atoms with E-state index in [2.05, 4.69) is 0 Å². The van der Waals surface area contributed by atoms with E-state index in [-0.39, 0.29) is 0 Å². The minimum atomic E-state index is -3.05. The van der Waals surface area contributed by atoms with Crippen molar-refractivity contribution in [2.24, 2.45) is 0 Å². The van der Waals surface area contributed by atoms with E-state index >= 15 is 0 Å². The molecule has 0 bridgehead atoms. The summed E-state index contributed by atoms with van der Waals surface area (Å²) in [5, 5.41) is 0. The molecule has 0 aromatic heterocycles. The van der Waals surface area contributed by atoms with Crippen molar-refractivity contribution in [2.75, 3.05) is 26.0 Å². The summed E-state index contributed by atoms with van der Waals surface area (Å²) in [6.45, 7) is 12.4. The first-order valence-corrected chi connectivity index (χ1v) is 8.31. The van der Waals surface area contributed by atoms with E-state index in [0.717, 1.165) is 5.57 Å². The summed E-state index contributed by atoms with van der Waals surface area (Å²) in [4.78, 5) is 0.